The molecular formula is C26H28Cl2N2O6. The number of nitrogens with zero attached hydrogens (tertiary/aromatic N) is 1. The van der Waals surface area contributed by atoms with Gasteiger partial charge in [-0.05, 0) is 58.4 Å². The van der Waals surface area contributed by atoms with Gasteiger partial charge in [-0.25, -0.2) is 0 Å². The molecule has 0 aliphatic carbocycles. The third-order valence-corrected chi connectivity index (χ3v) is 6.23. The molecule has 0 fully saturated rings. The molecule has 192 valence electrons. The molecule has 0 aromatic heterocycles. The van der Waals surface area contributed by atoms with Gasteiger partial charge in [0, 0.05) is 17.5 Å². The summed E-state index contributed by atoms with van der Waals surface area (Å²) in [6.07, 6.45) is -0.227. The summed E-state index contributed by atoms with van der Waals surface area (Å²) in [6.45, 7) is 6.68. The van der Waals surface area contributed by atoms with Crippen LogP contribution in [0.1, 0.15) is 56.5 Å². The third-order valence-electron chi connectivity index (χ3n) is 5.49. The molecule has 3 rings (SSSR count). The molecule has 1 atom stereocenters. The SMILES string of the molecule is CCOC(=O)CCC1(NC(=O)c2ccc(Cl)c(Cl)c2)C(=O)N(CC(=O)OC(C)(C)C)c2ccccc21. The number of rotatable bonds is 8. The number of halogens is 2. The quantitative estimate of drug-likeness (QED) is 0.494. The molecule has 1 heterocycles. The number of esters is 2. The average Bonchev–Trinajstić information content (AvgIpc) is 3.01. The topological polar surface area (TPSA) is 102 Å². The van der Waals surface area contributed by atoms with E-state index in [-0.39, 0.29) is 41.6 Å². The Hall–Kier alpha value is -3.10. The second-order valence-corrected chi connectivity index (χ2v) is 10.1. The first kappa shape index (κ1) is 27.5. The molecule has 1 aliphatic rings. The van der Waals surface area contributed by atoms with Gasteiger partial charge in [0.05, 0.1) is 22.3 Å². The fourth-order valence-electron chi connectivity index (χ4n) is 4.04. The molecule has 2 aromatic rings. The predicted molar refractivity (Wildman–Crippen MR) is 136 cm³/mol. The Morgan fingerprint density at radius 3 is 2.36 bits per heavy atom. The van der Waals surface area contributed by atoms with E-state index < -0.39 is 34.9 Å². The van der Waals surface area contributed by atoms with E-state index in [4.69, 9.17) is 32.7 Å². The minimum Gasteiger partial charge on any atom is -0.466 e. The van der Waals surface area contributed by atoms with Gasteiger partial charge in [0.15, 0.2) is 0 Å². The van der Waals surface area contributed by atoms with Crippen molar-refractivity contribution in [2.45, 2.75) is 51.7 Å². The molecule has 0 saturated heterocycles. The summed E-state index contributed by atoms with van der Waals surface area (Å²) >= 11 is 12.1. The van der Waals surface area contributed by atoms with E-state index in [9.17, 15) is 19.2 Å². The number of nitrogens with one attached hydrogen (secondary N) is 1. The highest BCUT2D eigenvalue weighted by molar-refractivity contribution is 6.42. The lowest BCUT2D eigenvalue weighted by molar-refractivity contribution is -0.154. The Morgan fingerprint density at radius 1 is 1.03 bits per heavy atom. The second kappa shape index (κ2) is 10.9. The molecule has 2 amide bonds. The molecule has 0 saturated carbocycles. The van der Waals surface area contributed by atoms with Crippen LogP contribution in [-0.2, 0) is 29.4 Å². The van der Waals surface area contributed by atoms with Crippen molar-refractivity contribution in [1.82, 2.24) is 5.32 Å². The number of carbonyl (C=O) groups is 4. The molecule has 8 nitrogen and oxygen atoms in total. The number of hydrogen-bond acceptors (Lipinski definition) is 6. The normalized spacial score (nSPS) is 16.9. The van der Waals surface area contributed by atoms with Crippen molar-refractivity contribution in [3.8, 4) is 0 Å². The lowest BCUT2D eigenvalue weighted by Crippen LogP contribution is -2.54. The molecule has 1 aliphatic heterocycles. The summed E-state index contributed by atoms with van der Waals surface area (Å²) in [7, 11) is 0. The van der Waals surface area contributed by atoms with Crippen molar-refractivity contribution in [2.24, 2.45) is 0 Å². The molecular weight excluding hydrogens is 507 g/mol. The Kier molecular flexibility index (Phi) is 8.31. The number of anilines is 1. The number of fused-ring (bicyclic) bond motifs is 1. The van der Waals surface area contributed by atoms with E-state index >= 15 is 0 Å². The zero-order valence-electron chi connectivity index (χ0n) is 20.5. The molecule has 0 spiro atoms. The average molecular weight is 535 g/mol. The molecule has 0 bridgehead atoms. The lowest BCUT2D eigenvalue weighted by atomic mass is 9.86. The van der Waals surface area contributed by atoms with Gasteiger partial charge in [0.25, 0.3) is 11.8 Å². The Bertz CT molecular complexity index is 1190. The summed E-state index contributed by atoms with van der Waals surface area (Å²) in [6, 6.07) is 11.1. The van der Waals surface area contributed by atoms with Crippen LogP contribution < -0.4 is 10.2 Å². The molecule has 10 heteroatoms. The fourth-order valence-corrected chi connectivity index (χ4v) is 4.33. The van der Waals surface area contributed by atoms with Gasteiger partial charge < -0.3 is 14.8 Å². The van der Waals surface area contributed by atoms with Crippen LogP contribution in [0.4, 0.5) is 5.69 Å². The third kappa shape index (κ3) is 5.99. The Labute approximate surface area is 219 Å². The zero-order valence-corrected chi connectivity index (χ0v) is 22.0. The number of ether oxygens (including phenoxy) is 2. The van der Waals surface area contributed by atoms with E-state index in [1.807, 2.05) is 0 Å². The van der Waals surface area contributed by atoms with Crippen LogP contribution in [0.25, 0.3) is 0 Å². The van der Waals surface area contributed by atoms with Crippen molar-refractivity contribution in [2.75, 3.05) is 18.1 Å². The van der Waals surface area contributed by atoms with Gasteiger partial charge in [-0.3, -0.25) is 24.1 Å². The maximum absolute atomic E-state index is 13.9. The summed E-state index contributed by atoms with van der Waals surface area (Å²) in [5, 5.41) is 3.27. The molecule has 2 aromatic carbocycles. The molecule has 36 heavy (non-hydrogen) atoms. The van der Waals surface area contributed by atoms with Gasteiger partial charge in [0.2, 0.25) is 0 Å². The highest BCUT2D eigenvalue weighted by Crippen LogP contribution is 2.43. The minimum absolute atomic E-state index is 0.0838. The van der Waals surface area contributed by atoms with Gasteiger partial charge in [-0.1, -0.05) is 41.4 Å². The number of hydrogen-bond donors (Lipinski definition) is 1. The summed E-state index contributed by atoms with van der Waals surface area (Å²) in [4.78, 5) is 53.4. The van der Waals surface area contributed by atoms with Crippen LogP contribution in [0.3, 0.4) is 0 Å². The second-order valence-electron chi connectivity index (χ2n) is 9.29. The molecule has 1 unspecified atom stereocenters. The zero-order chi connectivity index (χ0) is 26.7. The lowest BCUT2D eigenvalue weighted by Gasteiger charge is -2.30. The number of carbonyl (C=O) groups excluding carboxylic acids is 4. The summed E-state index contributed by atoms with van der Waals surface area (Å²) in [5.74, 6) is -2.29. The maximum atomic E-state index is 13.9. The van der Waals surface area contributed by atoms with Gasteiger partial charge in [-0.15, -0.1) is 0 Å². The minimum atomic E-state index is -1.63. The smallest absolute Gasteiger partial charge is 0.326 e. The van der Waals surface area contributed by atoms with Crippen LogP contribution >= 0.6 is 23.2 Å². The largest absolute Gasteiger partial charge is 0.466 e. The maximum Gasteiger partial charge on any atom is 0.326 e. The molecule has 1 N–H and O–H groups in total. The fraction of sp³-hybridized carbons (Fsp3) is 0.385. The van der Waals surface area contributed by atoms with E-state index in [1.54, 1.807) is 52.0 Å². The Morgan fingerprint density at radius 2 is 1.72 bits per heavy atom. The van der Waals surface area contributed by atoms with Crippen LogP contribution in [-0.4, -0.2) is 42.5 Å². The standard InChI is InChI=1S/C26H28Cl2N2O6/c1-5-35-21(31)12-13-26(29-23(33)16-10-11-18(27)19(28)14-16)17-8-6-7-9-20(17)30(24(26)34)15-22(32)36-25(2,3)4/h6-11,14H,5,12-13,15H2,1-4H3,(H,29,33). The monoisotopic (exact) mass is 534 g/mol. The van der Waals surface area contributed by atoms with Crippen LogP contribution in [0.5, 0.6) is 0 Å². The van der Waals surface area contributed by atoms with Crippen LogP contribution in [0, 0.1) is 0 Å². The first-order chi connectivity index (χ1) is 16.9. The van der Waals surface area contributed by atoms with E-state index in [0.717, 1.165) is 0 Å². The summed E-state index contributed by atoms with van der Waals surface area (Å²) in [5.41, 5.74) is -1.31. The number of amides is 2. The van der Waals surface area contributed by atoms with Crippen LogP contribution in [0.15, 0.2) is 42.5 Å². The van der Waals surface area contributed by atoms with Crippen molar-refractivity contribution >= 4 is 52.6 Å². The van der Waals surface area contributed by atoms with Crippen molar-refractivity contribution in [3.05, 3.63) is 63.6 Å². The highest BCUT2D eigenvalue weighted by Gasteiger charge is 2.52. The van der Waals surface area contributed by atoms with Gasteiger partial charge >= 0.3 is 11.9 Å². The van der Waals surface area contributed by atoms with E-state index in [2.05, 4.69) is 5.32 Å². The summed E-state index contributed by atoms with van der Waals surface area (Å²) < 4.78 is 10.5. The Balaban J connectivity index is 2.03. The van der Waals surface area contributed by atoms with Crippen molar-refractivity contribution in [1.29, 1.82) is 0 Å². The van der Waals surface area contributed by atoms with E-state index in [1.165, 1.54) is 23.1 Å². The van der Waals surface area contributed by atoms with Crippen molar-refractivity contribution in [3.63, 3.8) is 0 Å². The first-order valence-electron chi connectivity index (χ1n) is 11.4. The molecule has 0 radical (unpaired) electrons. The number of benzene rings is 2. The predicted octanol–water partition coefficient (Wildman–Crippen LogP) is 4.65. The van der Waals surface area contributed by atoms with Crippen molar-refractivity contribution < 1.29 is 28.7 Å². The first-order valence-corrected chi connectivity index (χ1v) is 12.2. The van der Waals surface area contributed by atoms with E-state index in [0.29, 0.717) is 11.3 Å². The number of para-hydroxylation sites is 1. The van der Waals surface area contributed by atoms with Gasteiger partial charge in [-0.2, -0.15) is 0 Å². The van der Waals surface area contributed by atoms with Crippen LogP contribution in [0.2, 0.25) is 10.0 Å². The highest BCUT2D eigenvalue weighted by atomic mass is 35.5. The van der Waals surface area contributed by atoms with Gasteiger partial charge in [0.1, 0.15) is 17.7 Å².